The Labute approximate surface area is 178 Å². The van der Waals surface area contributed by atoms with Crippen molar-refractivity contribution in [2.75, 3.05) is 37.4 Å². The third-order valence-corrected chi connectivity index (χ3v) is 5.80. The Bertz CT molecular complexity index is 854. The van der Waals surface area contributed by atoms with Crippen molar-refractivity contribution in [1.29, 1.82) is 0 Å². The molecular weight excluding hydrogens is 414 g/mol. The van der Waals surface area contributed by atoms with Crippen LogP contribution in [0.5, 0.6) is 0 Å². The van der Waals surface area contributed by atoms with Crippen LogP contribution in [-0.2, 0) is 27.3 Å². The van der Waals surface area contributed by atoms with Crippen molar-refractivity contribution in [2.45, 2.75) is 31.5 Å². The molecule has 1 aromatic carbocycles. The topological polar surface area (TPSA) is 89.3 Å². The van der Waals surface area contributed by atoms with Crippen LogP contribution in [0, 0.1) is 0 Å². The molecule has 8 nitrogen and oxygen atoms in total. The number of aryl methyl sites for hydroxylation is 1. The van der Waals surface area contributed by atoms with Crippen LogP contribution in [-0.4, -0.2) is 63.5 Å². The normalized spacial score (nSPS) is 14.1. The van der Waals surface area contributed by atoms with Crippen LogP contribution in [0.2, 0.25) is 5.02 Å². The first-order valence-electron chi connectivity index (χ1n) is 9.53. The average molecular weight is 438 g/mol. The highest BCUT2D eigenvalue weighted by Crippen LogP contribution is 2.21. The van der Waals surface area contributed by atoms with Crippen LogP contribution in [0.25, 0.3) is 0 Å². The molecule has 1 aliphatic rings. The van der Waals surface area contributed by atoms with Gasteiger partial charge in [-0.25, -0.2) is 0 Å². The molecule has 1 aromatic heterocycles. The van der Waals surface area contributed by atoms with Gasteiger partial charge < -0.3 is 19.5 Å². The number of thioether (sulfide) groups is 1. The molecular formula is C19H24ClN5O3S. The van der Waals surface area contributed by atoms with Crippen LogP contribution >= 0.6 is 23.4 Å². The molecule has 1 saturated heterocycles. The Morgan fingerprint density at radius 1 is 1.24 bits per heavy atom. The Hall–Kier alpha value is -2.10. The fourth-order valence-electron chi connectivity index (χ4n) is 2.96. The molecule has 0 saturated carbocycles. The highest BCUT2D eigenvalue weighted by Gasteiger charge is 2.19. The number of nitrogens with zero attached hydrogens (tertiary/aromatic N) is 4. The van der Waals surface area contributed by atoms with Crippen LogP contribution in [0.4, 0.5) is 5.69 Å². The zero-order valence-corrected chi connectivity index (χ0v) is 17.8. The number of rotatable bonds is 8. The molecule has 2 heterocycles. The van der Waals surface area contributed by atoms with E-state index < -0.39 is 0 Å². The number of hydrogen-bond acceptors (Lipinski definition) is 6. The number of nitrogens with one attached hydrogen (secondary N) is 1. The monoisotopic (exact) mass is 437 g/mol. The number of benzene rings is 1. The van der Waals surface area contributed by atoms with Gasteiger partial charge in [0.1, 0.15) is 5.82 Å². The van der Waals surface area contributed by atoms with E-state index in [1.165, 1.54) is 11.8 Å². The van der Waals surface area contributed by atoms with E-state index in [0.717, 1.165) is 5.82 Å². The number of amides is 2. The second kappa shape index (κ2) is 10.6. The lowest BCUT2D eigenvalue weighted by molar-refractivity contribution is -0.132. The van der Waals surface area contributed by atoms with Gasteiger partial charge in [0.15, 0.2) is 5.16 Å². The van der Waals surface area contributed by atoms with E-state index in [1.807, 2.05) is 28.5 Å². The molecule has 0 radical (unpaired) electrons. The number of carbonyl (C=O) groups excluding carboxylic acids is 2. The zero-order chi connectivity index (χ0) is 20.6. The van der Waals surface area contributed by atoms with Crippen molar-refractivity contribution in [3.8, 4) is 0 Å². The van der Waals surface area contributed by atoms with Crippen molar-refractivity contribution in [3.05, 3.63) is 35.1 Å². The SMILES string of the molecule is CCn1c(CCC(=O)Nc2ccccc2Cl)nnc1SCC(=O)N1CCOCC1. The average Bonchev–Trinajstić information content (AvgIpc) is 3.14. The van der Waals surface area contributed by atoms with E-state index in [1.54, 1.807) is 12.1 Å². The van der Waals surface area contributed by atoms with Gasteiger partial charge in [-0.05, 0) is 19.1 Å². The summed E-state index contributed by atoms with van der Waals surface area (Å²) in [6.07, 6.45) is 0.718. The molecule has 0 unspecified atom stereocenters. The fraction of sp³-hybridized carbons (Fsp3) is 0.474. The van der Waals surface area contributed by atoms with Gasteiger partial charge in [0.2, 0.25) is 11.8 Å². The number of para-hydroxylation sites is 1. The molecule has 0 spiro atoms. The van der Waals surface area contributed by atoms with E-state index in [9.17, 15) is 9.59 Å². The van der Waals surface area contributed by atoms with Gasteiger partial charge in [0.25, 0.3) is 0 Å². The second-order valence-electron chi connectivity index (χ2n) is 6.45. The molecule has 2 amide bonds. The number of morpholine rings is 1. The number of ether oxygens (including phenoxy) is 1. The first-order valence-corrected chi connectivity index (χ1v) is 10.9. The van der Waals surface area contributed by atoms with E-state index in [0.29, 0.717) is 60.9 Å². The summed E-state index contributed by atoms with van der Waals surface area (Å²) < 4.78 is 7.22. The maximum absolute atomic E-state index is 12.3. The minimum atomic E-state index is -0.138. The summed E-state index contributed by atoms with van der Waals surface area (Å²) in [5.74, 6) is 0.971. The van der Waals surface area contributed by atoms with Crippen molar-refractivity contribution in [2.24, 2.45) is 0 Å². The van der Waals surface area contributed by atoms with Crippen LogP contribution < -0.4 is 5.32 Å². The predicted octanol–water partition coefficient (Wildman–Crippen LogP) is 2.47. The highest BCUT2D eigenvalue weighted by atomic mass is 35.5. The summed E-state index contributed by atoms with van der Waals surface area (Å²) in [6.45, 7) is 5.09. The summed E-state index contributed by atoms with van der Waals surface area (Å²) in [4.78, 5) is 26.4. The van der Waals surface area contributed by atoms with E-state index in [-0.39, 0.29) is 18.2 Å². The maximum atomic E-state index is 12.3. The third-order valence-electron chi connectivity index (χ3n) is 4.52. The summed E-state index contributed by atoms with van der Waals surface area (Å²) in [5, 5.41) is 12.4. The van der Waals surface area contributed by atoms with Gasteiger partial charge in [-0.2, -0.15) is 0 Å². The quantitative estimate of drug-likeness (QED) is 0.638. The number of carbonyl (C=O) groups is 2. The van der Waals surface area contributed by atoms with Crippen molar-refractivity contribution < 1.29 is 14.3 Å². The van der Waals surface area contributed by atoms with Crippen LogP contribution in [0.15, 0.2) is 29.4 Å². The molecule has 2 aromatic rings. The first-order chi connectivity index (χ1) is 14.1. The fourth-order valence-corrected chi connectivity index (χ4v) is 4.07. The number of hydrogen-bond donors (Lipinski definition) is 1. The highest BCUT2D eigenvalue weighted by molar-refractivity contribution is 7.99. The zero-order valence-electron chi connectivity index (χ0n) is 16.3. The lowest BCUT2D eigenvalue weighted by Gasteiger charge is -2.26. The predicted molar refractivity (Wildman–Crippen MR) is 112 cm³/mol. The molecule has 10 heteroatoms. The molecule has 0 bridgehead atoms. The van der Waals surface area contributed by atoms with Gasteiger partial charge in [-0.15, -0.1) is 10.2 Å². The summed E-state index contributed by atoms with van der Waals surface area (Å²) in [5.41, 5.74) is 0.592. The van der Waals surface area contributed by atoms with Crippen LogP contribution in [0.1, 0.15) is 19.2 Å². The molecule has 1 N–H and O–H groups in total. The Balaban J connectivity index is 1.52. The lowest BCUT2D eigenvalue weighted by atomic mass is 10.2. The van der Waals surface area contributed by atoms with E-state index >= 15 is 0 Å². The summed E-state index contributed by atoms with van der Waals surface area (Å²) in [6, 6.07) is 7.11. The molecule has 29 heavy (non-hydrogen) atoms. The summed E-state index contributed by atoms with van der Waals surface area (Å²) in [7, 11) is 0. The van der Waals surface area contributed by atoms with E-state index in [2.05, 4.69) is 15.5 Å². The van der Waals surface area contributed by atoms with Crippen molar-refractivity contribution in [1.82, 2.24) is 19.7 Å². The van der Waals surface area contributed by atoms with Gasteiger partial charge >= 0.3 is 0 Å². The Kier molecular flexibility index (Phi) is 7.91. The van der Waals surface area contributed by atoms with Gasteiger partial charge in [-0.3, -0.25) is 9.59 Å². The molecule has 0 aliphatic carbocycles. The number of aromatic nitrogens is 3. The van der Waals surface area contributed by atoms with Crippen molar-refractivity contribution >= 4 is 40.9 Å². The molecule has 1 aliphatic heterocycles. The van der Waals surface area contributed by atoms with E-state index in [4.69, 9.17) is 16.3 Å². The minimum absolute atomic E-state index is 0.0737. The largest absolute Gasteiger partial charge is 0.378 e. The van der Waals surface area contributed by atoms with Gasteiger partial charge in [0.05, 0.1) is 29.7 Å². The second-order valence-corrected chi connectivity index (χ2v) is 7.80. The number of anilines is 1. The Morgan fingerprint density at radius 3 is 2.72 bits per heavy atom. The number of halogens is 1. The Morgan fingerprint density at radius 2 is 2.00 bits per heavy atom. The van der Waals surface area contributed by atoms with Crippen molar-refractivity contribution in [3.63, 3.8) is 0 Å². The van der Waals surface area contributed by atoms with Gasteiger partial charge in [0, 0.05) is 32.5 Å². The summed E-state index contributed by atoms with van der Waals surface area (Å²) >= 11 is 7.44. The molecule has 156 valence electrons. The minimum Gasteiger partial charge on any atom is -0.378 e. The first kappa shape index (κ1) is 21.6. The van der Waals surface area contributed by atoms with Gasteiger partial charge in [-0.1, -0.05) is 35.5 Å². The molecule has 1 fully saturated rings. The smallest absolute Gasteiger partial charge is 0.233 e. The lowest BCUT2D eigenvalue weighted by Crippen LogP contribution is -2.41. The molecule has 0 atom stereocenters. The van der Waals surface area contributed by atoms with Crippen LogP contribution in [0.3, 0.4) is 0 Å². The maximum Gasteiger partial charge on any atom is 0.233 e. The third kappa shape index (κ3) is 5.94. The standard InChI is InChI=1S/C19H24ClN5O3S/c1-2-25-16(7-8-17(26)21-15-6-4-3-5-14(15)20)22-23-19(25)29-13-18(27)24-9-11-28-12-10-24/h3-6H,2,7-13H2,1H3,(H,21,26). The molecule has 3 rings (SSSR count).